The Morgan fingerprint density at radius 3 is 2.65 bits per heavy atom. The molecule has 0 radical (unpaired) electrons. The summed E-state index contributed by atoms with van der Waals surface area (Å²) in [5.74, 6) is 2.87. The van der Waals surface area contributed by atoms with E-state index < -0.39 is 0 Å². The first-order valence-corrected chi connectivity index (χ1v) is 18.5. The number of benzene rings is 1. The maximum atomic E-state index is 6.01. The van der Waals surface area contributed by atoms with E-state index in [2.05, 4.69) is 126 Å². The predicted molar refractivity (Wildman–Crippen MR) is 195 cm³/mol. The van der Waals surface area contributed by atoms with E-state index in [1.54, 1.807) is 15.3 Å². The summed E-state index contributed by atoms with van der Waals surface area (Å²) in [6, 6.07) is 8.93. The average molecular weight is 714 g/mol. The van der Waals surface area contributed by atoms with Crippen LogP contribution in [0.25, 0.3) is 11.6 Å². The minimum atomic E-state index is 0.464. The largest absolute Gasteiger partial charge is 0.492 e. The number of allylic oxidation sites excluding steroid dienone is 3. The summed E-state index contributed by atoms with van der Waals surface area (Å²) in [5, 5.41) is 6.85. The van der Waals surface area contributed by atoms with Gasteiger partial charge in [0.1, 0.15) is 11.6 Å². The van der Waals surface area contributed by atoms with Gasteiger partial charge in [-0.3, -0.25) is 14.3 Å². The molecule has 232 valence electrons. The van der Waals surface area contributed by atoms with Crippen LogP contribution in [-0.4, -0.2) is 35.4 Å². The summed E-state index contributed by atoms with van der Waals surface area (Å²) in [6.07, 6.45) is 13.3. The van der Waals surface area contributed by atoms with Gasteiger partial charge in [-0.2, -0.15) is 0 Å². The number of aliphatic imine (C=N–C) groups is 1. The quantitative estimate of drug-likeness (QED) is 0.103. The van der Waals surface area contributed by atoms with Crippen LogP contribution in [0.15, 0.2) is 77.3 Å². The number of nitrogens with zero attached hydrogens (tertiary/aromatic N) is 3. The molecule has 6 nitrogen and oxygen atoms in total. The van der Waals surface area contributed by atoms with Crippen molar-refractivity contribution in [3.63, 3.8) is 0 Å². The van der Waals surface area contributed by atoms with E-state index in [-0.39, 0.29) is 0 Å². The lowest BCUT2D eigenvalue weighted by Gasteiger charge is -2.18. The van der Waals surface area contributed by atoms with Gasteiger partial charge in [0, 0.05) is 66.1 Å². The molecule has 2 unspecified atom stereocenters. The second kappa shape index (κ2) is 17.7. The third-order valence-corrected chi connectivity index (χ3v) is 9.63. The van der Waals surface area contributed by atoms with Crippen molar-refractivity contribution >= 4 is 47.8 Å². The van der Waals surface area contributed by atoms with E-state index in [0.717, 1.165) is 64.4 Å². The van der Waals surface area contributed by atoms with Crippen LogP contribution in [0.2, 0.25) is 0 Å². The zero-order valence-corrected chi connectivity index (χ0v) is 29.8. The molecule has 2 N–H and O–H groups in total. The van der Waals surface area contributed by atoms with Crippen LogP contribution in [-0.2, 0) is 6.54 Å². The molecular weight excluding hydrogens is 665 g/mol. The first kappa shape index (κ1) is 34.9. The van der Waals surface area contributed by atoms with Gasteiger partial charge in [0.2, 0.25) is 0 Å². The summed E-state index contributed by atoms with van der Waals surface area (Å²) < 4.78 is 8.16. The van der Waals surface area contributed by atoms with E-state index in [0.29, 0.717) is 31.7 Å². The highest BCUT2D eigenvalue weighted by Gasteiger charge is 2.29. The van der Waals surface area contributed by atoms with Crippen molar-refractivity contribution in [2.24, 2.45) is 10.9 Å². The van der Waals surface area contributed by atoms with Crippen LogP contribution < -0.4 is 15.4 Å². The van der Waals surface area contributed by atoms with Gasteiger partial charge >= 0.3 is 0 Å². The lowest BCUT2D eigenvalue weighted by atomic mass is 9.88. The fourth-order valence-corrected chi connectivity index (χ4v) is 6.06. The number of hydrogen-bond donors (Lipinski definition) is 2. The molecule has 0 fully saturated rings. The Morgan fingerprint density at radius 2 is 1.98 bits per heavy atom. The summed E-state index contributed by atoms with van der Waals surface area (Å²) in [5.41, 5.74) is 9.28. The predicted octanol–water partition coefficient (Wildman–Crippen LogP) is 9.29. The van der Waals surface area contributed by atoms with Crippen molar-refractivity contribution < 1.29 is 4.74 Å². The van der Waals surface area contributed by atoms with E-state index in [1.807, 2.05) is 19.3 Å². The van der Waals surface area contributed by atoms with Crippen LogP contribution in [0.1, 0.15) is 89.0 Å². The van der Waals surface area contributed by atoms with Crippen molar-refractivity contribution in [3.05, 3.63) is 94.6 Å². The molecule has 1 aromatic heterocycles. The van der Waals surface area contributed by atoms with Gasteiger partial charge in [0.05, 0.1) is 19.5 Å². The Morgan fingerprint density at radius 1 is 1.19 bits per heavy atom. The zero-order chi connectivity index (χ0) is 31.4. The van der Waals surface area contributed by atoms with Gasteiger partial charge < -0.3 is 15.4 Å². The van der Waals surface area contributed by atoms with Crippen LogP contribution in [0, 0.1) is 5.92 Å². The van der Waals surface area contributed by atoms with Gasteiger partial charge in [-0.15, -0.1) is 0 Å². The van der Waals surface area contributed by atoms with Crippen molar-refractivity contribution in [1.29, 1.82) is 0 Å². The van der Waals surface area contributed by atoms with Crippen LogP contribution in [0.3, 0.4) is 0 Å². The molecule has 0 amide bonds. The van der Waals surface area contributed by atoms with Crippen LogP contribution >= 0.6 is 30.3 Å². The number of ether oxygens (including phenoxy) is 1. The SMILES string of the molecule is C=C/C(C)=C\c1cc(C2=CN(SI)C(=N/CNC)/C2=C(\C)NCc2cncc(OCCC(C)CC)c2)ccc1C(C)CC. The first-order chi connectivity index (χ1) is 20.8. The molecule has 2 aromatic rings. The summed E-state index contributed by atoms with van der Waals surface area (Å²) >= 11 is 2.33. The van der Waals surface area contributed by atoms with Gasteiger partial charge in [0.25, 0.3) is 0 Å². The van der Waals surface area contributed by atoms with E-state index in [9.17, 15) is 0 Å². The Balaban J connectivity index is 1.98. The number of rotatable bonds is 16. The molecule has 1 aromatic carbocycles. The molecule has 0 bridgehead atoms. The summed E-state index contributed by atoms with van der Waals surface area (Å²) in [6.45, 7) is 19.1. The lowest BCUT2D eigenvalue weighted by Crippen LogP contribution is -2.22. The van der Waals surface area contributed by atoms with Gasteiger partial charge in [0.15, 0.2) is 0 Å². The second-order valence-corrected chi connectivity index (χ2v) is 12.9. The van der Waals surface area contributed by atoms with Crippen molar-refractivity contribution in [3.8, 4) is 5.75 Å². The second-order valence-electron chi connectivity index (χ2n) is 11.2. The number of hydrogen-bond acceptors (Lipinski definition) is 6. The maximum absolute atomic E-state index is 6.01. The fraction of sp³-hybridized carbons (Fsp3) is 0.429. The molecule has 0 aliphatic carbocycles. The number of amidine groups is 1. The molecule has 2 atom stereocenters. The average Bonchev–Trinajstić information content (AvgIpc) is 3.40. The first-order valence-electron chi connectivity index (χ1n) is 15.2. The van der Waals surface area contributed by atoms with Crippen molar-refractivity contribution in [1.82, 2.24) is 19.9 Å². The normalized spacial score (nSPS) is 17.1. The van der Waals surface area contributed by atoms with Gasteiger partial charge in [-0.1, -0.05) is 70.6 Å². The minimum absolute atomic E-state index is 0.464. The van der Waals surface area contributed by atoms with Crippen LogP contribution in [0.5, 0.6) is 5.75 Å². The minimum Gasteiger partial charge on any atom is -0.492 e. The maximum Gasteiger partial charge on any atom is 0.149 e. The fourth-order valence-electron chi connectivity index (χ4n) is 4.80. The Bertz CT molecular complexity index is 1370. The molecule has 0 saturated carbocycles. The monoisotopic (exact) mass is 713 g/mol. The Kier molecular flexibility index (Phi) is 14.3. The molecule has 8 heteroatoms. The summed E-state index contributed by atoms with van der Waals surface area (Å²) in [7, 11) is 3.54. The van der Waals surface area contributed by atoms with E-state index in [4.69, 9.17) is 9.73 Å². The smallest absolute Gasteiger partial charge is 0.149 e. The highest BCUT2D eigenvalue weighted by molar-refractivity contribution is 14.2. The topological polar surface area (TPSA) is 61.8 Å². The molecule has 3 rings (SSSR count). The van der Waals surface area contributed by atoms with E-state index >= 15 is 0 Å². The molecule has 0 spiro atoms. The molecule has 1 aliphatic heterocycles. The van der Waals surface area contributed by atoms with Gasteiger partial charge in [-0.05, 0) is 80.0 Å². The standard InChI is InChI=1S/C35H48IN5OS/c1-9-24(4)14-15-42-31-17-28(19-38-21-31)20-39-27(7)34-33(22-41(43-36)35(34)40-23-37-8)29-12-13-32(26(6)11-3)30(18-29)16-25(5)10-2/h10,12-13,16-19,21-22,24,26,37,39H,2,9,11,14-15,20,23H2,1,3-8H3/b25-16-,34-27+,40-35+. The number of aromatic nitrogens is 1. The van der Waals surface area contributed by atoms with E-state index in [1.165, 1.54) is 11.1 Å². The molecule has 43 heavy (non-hydrogen) atoms. The molecule has 2 heterocycles. The highest BCUT2D eigenvalue weighted by atomic mass is 127. The summed E-state index contributed by atoms with van der Waals surface area (Å²) in [4.78, 5) is 9.38. The zero-order valence-electron chi connectivity index (χ0n) is 26.8. The Hall–Kier alpha value is -2.56. The third-order valence-electron chi connectivity index (χ3n) is 7.93. The molecular formula is C35H48IN5OS. The number of nitrogens with one attached hydrogen (secondary N) is 2. The Labute approximate surface area is 276 Å². The van der Waals surface area contributed by atoms with Crippen molar-refractivity contribution in [2.45, 2.75) is 73.3 Å². The molecule has 0 saturated heterocycles. The van der Waals surface area contributed by atoms with Crippen molar-refractivity contribution in [2.75, 3.05) is 20.3 Å². The number of pyridine rings is 1. The van der Waals surface area contributed by atoms with Gasteiger partial charge in [-0.25, -0.2) is 0 Å². The molecule has 1 aliphatic rings. The van der Waals surface area contributed by atoms with Crippen LogP contribution in [0.4, 0.5) is 0 Å². The highest BCUT2D eigenvalue weighted by Crippen LogP contribution is 2.40. The number of halogens is 1. The lowest BCUT2D eigenvalue weighted by molar-refractivity contribution is 0.280. The third kappa shape index (κ3) is 9.71.